The summed E-state index contributed by atoms with van der Waals surface area (Å²) >= 11 is 1.74. The van der Waals surface area contributed by atoms with Gasteiger partial charge in [-0.3, -0.25) is 9.69 Å². The van der Waals surface area contributed by atoms with Gasteiger partial charge in [0, 0.05) is 19.0 Å². The number of Topliss-reactive ketones (excluding diaryl/α,β-unsaturated/α-hetero) is 1. The molecule has 1 aliphatic heterocycles. The van der Waals surface area contributed by atoms with E-state index in [9.17, 15) is 4.79 Å². The van der Waals surface area contributed by atoms with Crippen molar-refractivity contribution >= 4 is 17.1 Å². The molecule has 0 aromatic carbocycles. The predicted molar refractivity (Wildman–Crippen MR) is 58.7 cm³/mol. The molecule has 0 radical (unpaired) electrons. The van der Waals surface area contributed by atoms with Gasteiger partial charge in [0.2, 0.25) is 0 Å². The minimum atomic E-state index is 0.391. The molecule has 0 saturated carbocycles. The van der Waals surface area contributed by atoms with Crippen molar-refractivity contribution in [3.63, 3.8) is 0 Å². The highest BCUT2D eigenvalue weighted by atomic mass is 32.1. The van der Waals surface area contributed by atoms with Gasteiger partial charge in [-0.25, -0.2) is 0 Å². The van der Waals surface area contributed by atoms with Gasteiger partial charge in [0.05, 0.1) is 6.54 Å². The molecule has 0 bridgehead atoms. The van der Waals surface area contributed by atoms with Crippen LogP contribution in [0.25, 0.3) is 0 Å². The third-order valence-electron chi connectivity index (χ3n) is 2.79. The summed E-state index contributed by atoms with van der Waals surface area (Å²) in [4.78, 5) is 13.4. The molecule has 1 aliphatic rings. The maximum absolute atomic E-state index is 11.1. The van der Waals surface area contributed by atoms with Gasteiger partial charge < -0.3 is 0 Å². The van der Waals surface area contributed by atoms with Crippen molar-refractivity contribution in [2.24, 2.45) is 0 Å². The average molecular weight is 209 g/mol. The minimum absolute atomic E-state index is 0.391. The zero-order valence-electron chi connectivity index (χ0n) is 8.40. The normalized spacial score (nSPS) is 20.2. The summed E-state index contributed by atoms with van der Waals surface area (Å²) in [5.74, 6) is 0.391. The monoisotopic (exact) mass is 209 g/mol. The van der Waals surface area contributed by atoms with Crippen LogP contribution >= 0.6 is 11.3 Å². The Balaban J connectivity index is 1.89. The predicted octanol–water partition coefficient (Wildman–Crippen LogP) is 1.95. The molecule has 1 aromatic heterocycles. The fourth-order valence-corrected chi connectivity index (χ4v) is 2.59. The van der Waals surface area contributed by atoms with E-state index in [1.165, 1.54) is 5.56 Å². The van der Waals surface area contributed by atoms with Crippen LogP contribution in [0.4, 0.5) is 0 Å². The van der Waals surface area contributed by atoms with Crippen LogP contribution in [0.2, 0.25) is 0 Å². The quantitative estimate of drug-likeness (QED) is 0.758. The van der Waals surface area contributed by atoms with E-state index in [4.69, 9.17) is 0 Å². The second kappa shape index (κ2) is 4.24. The van der Waals surface area contributed by atoms with E-state index in [1.54, 1.807) is 11.3 Å². The maximum atomic E-state index is 11.1. The largest absolute Gasteiger partial charge is 0.298 e. The number of hydrogen-bond donors (Lipinski definition) is 0. The highest BCUT2D eigenvalue weighted by Gasteiger charge is 2.23. The lowest BCUT2D eigenvalue weighted by atomic mass is 10.1. The van der Waals surface area contributed by atoms with E-state index >= 15 is 0 Å². The molecule has 76 valence electrons. The van der Waals surface area contributed by atoms with Crippen LogP contribution < -0.4 is 0 Å². The molecule has 1 saturated heterocycles. The molecule has 2 nitrogen and oxygen atoms in total. The Hall–Kier alpha value is -0.670. The molecule has 0 N–H and O–H groups in total. The number of ketones is 1. The Labute approximate surface area is 88.5 Å². The first-order valence-corrected chi connectivity index (χ1v) is 5.97. The van der Waals surface area contributed by atoms with Crippen LogP contribution in [-0.4, -0.2) is 29.8 Å². The van der Waals surface area contributed by atoms with E-state index in [0.29, 0.717) is 18.4 Å². The third kappa shape index (κ3) is 2.22. The first-order chi connectivity index (χ1) is 6.75. The molecule has 14 heavy (non-hydrogen) atoms. The summed E-state index contributed by atoms with van der Waals surface area (Å²) in [6.45, 7) is 3.81. The summed E-state index contributed by atoms with van der Waals surface area (Å²) in [7, 11) is 0. The molecular weight excluding hydrogens is 194 g/mol. The van der Waals surface area contributed by atoms with Crippen molar-refractivity contribution in [1.82, 2.24) is 4.90 Å². The summed E-state index contributed by atoms with van der Waals surface area (Å²) in [5, 5.41) is 4.30. The summed E-state index contributed by atoms with van der Waals surface area (Å²) in [5.41, 5.74) is 1.39. The standard InChI is InChI=1S/C11H15NOS/c1-9(6-10-3-5-14-8-10)12-4-2-11(13)7-12/h3,5,8-9H,2,4,6-7H2,1H3. The Morgan fingerprint density at radius 1 is 1.64 bits per heavy atom. The Morgan fingerprint density at radius 3 is 3.07 bits per heavy atom. The molecule has 2 heterocycles. The maximum Gasteiger partial charge on any atom is 0.148 e. The van der Waals surface area contributed by atoms with Gasteiger partial charge in [-0.15, -0.1) is 0 Å². The number of thiophene rings is 1. The Bertz CT molecular complexity index is 307. The third-order valence-corrected chi connectivity index (χ3v) is 3.52. The number of carbonyl (C=O) groups excluding carboxylic acids is 1. The molecule has 1 unspecified atom stereocenters. The first kappa shape index (κ1) is 9.87. The average Bonchev–Trinajstić information content (AvgIpc) is 2.75. The van der Waals surface area contributed by atoms with E-state index in [0.717, 1.165) is 19.4 Å². The highest BCUT2D eigenvalue weighted by molar-refractivity contribution is 7.07. The Morgan fingerprint density at radius 2 is 2.50 bits per heavy atom. The van der Waals surface area contributed by atoms with Crippen molar-refractivity contribution < 1.29 is 4.79 Å². The van der Waals surface area contributed by atoms with Gasteiger partial charge in [-0.2, -0.15) is 11.3 Å². The SMILES string of the molecule is CC(Cc1ccsc1)N1CCC(=O)C1. The first-order valence-electron chi connectivity index (χ1n) is 5.02. The van der Waals surface area contributed by atoms with Gasteiger partial charge in [-0.1, -0.05) is 0 Å². The lowest BCUT2D eigenvalue weighted by molar-refractivity contribution is -0.117. The van der Waals surface area contributed by atoms with Gasteiger partial charge in [0.1, 0.15) is 5.78 Å². The molecule has 1 fully saturated rings. The molecule has 1 atom stereocenters. The summed E-state index contributed by atoms with van der Waals surface area (Å²) in [6.07, 6.45) is 1.81. The minimum Gasteiger partial charge on any atom is -0.298 e. The zero-order valence-corrected chi connectivity index (χ0v) is 9.22. The number of hydrogen-bond acceptors (Lipinski definition) is 3. The fourth-order valence-electron chi connectivity index (χ4n) is 1.91. The van der Waals surface area contributed by atoms with Crippen LogP contribution in [0, 0.1) is 0 Å². The molecule has 0 amide bonds. The fraction of sp³-hybridized carbons (Fsp3) is 0.545. The van der Waals surface area contributed by atoms with E-state index < -0.39 is 0 Å². The number of carbonyl (C=O) groups is 1. The van der Waals surface area contributed by atoms with Crippen molar-refractivity contribution in [2.45, 2.75) is 25.8 Å². The molecule has 1 aromatic rings. The second-order valence-corrected chi connectivity index (χ2v) is 4.72. The smallest absolute Gasteiger partial charge is 0.148 e. The lowest BCUT2D eigenvalue weighted by Crippen LogP contribution is -2.32. The molecule has 0 aliphatic carbocycles. The van der Waals surface area contributed by atoms with Crippen molar-refractivity contribution in [3.05, 3.63) is 22.4 Å². The van der Waals surface area contributed by atoms with Gasteiger partial charge in [-0.05, 0) is 35.7 Å². The number of likely N-dealkylation sites (tertiary alicyclic amines) is 1. The summed E-state index contributed by atoms with van der Waals surface area (Å²) in [6, 6.07) is 2.66. The van der Waals surface area contributed by atoms with Crippen LogP contribution in [0.15, 0.2) is 16.8 Å². The van der Waals surface area contributed by atoms with Crippen molar-refractivity contribution in [2.75, 3.05) is 13.1 Å². The van der Waals surface area contributed by atoms with Crippen molar-refractivity contribution in [1.29, 1.82) is 0 Å². The highest BCUT2D eigenvalue weighted by Crippen LogP contribution is 2.15. The number of rotatable bonds is 3. The molecular formula is C11H15NOS. The number of nitrogens with zero attached hydrogens (tertiary/aromatic N) is 1. The van der Waals surface area contributed by atoms with E-state index in [2.05, 4.69) is 28.7 Å². The van der Waals surface area contributed by atoms with E-state index in [1.807, 2.05) is 0 Å². The van der Waals surface area contributed by atoms with E-state index in [-0.39, 0.29) is 0 Å². The van der Waals surface area contributed by atoms with Gasteiger partial charge >= 0.3 is 0 Å². The molecule has 0 spiro atoms. The van der Waals surface area contributed by atoms with Crippen LogP contribution in [0.1, 0.15) is 18.9 Å². The second-order valence-electron chi connectivity index (χ2n) is 3.94. The van der Waals surface area contributed by atoms with Gasteiger partial charge in [0.15, 0.2) is 0 Å². The van der Waals surface area contributed by atoms with Crippen LogP contribution in [0.3, 0.4) is 0 Å². The molecule has 3 heteroatoms. The summed E-state index contributed by atoms with van der Waals surface area (Å²) < 4.78 is 0. The topological polar surface area (TPSA) is 20.3 Å². The van der Waals surface area contributed by atoms with Crippen LogP contribution in [0.5, 0.6) is 0 Å². The zero-order chi connectivity index (χ0) is 9.97. The lowest BCUT2D eigenvalue weighted by Gasteiger charge is -2.22. The van der Waals surface area contributed by atoms with Crippen molar-refractivity contribution in [3.8, 4) is 0 Å². The van der Waals surface area contributed by atoms with Gasteiger partial charge in [0.25, 0.3) is 0 Å². The molecule has 2 rings (SSSR count). The van der Waals surface area contributed by atoms with Crippen LogP contribution in [-0.2, 0) is 11.2 Å². The Kier molecular flexibility index (Phi) is 2.99.